The summed E-state index contributed by atoms with van der Waals surface area (Å²) < 4.78 is 22.5. The van der Waals surface area contributed by atoms with Crippen LogP contribution in [0.4, 0.5) is 0 Å². The Hall–Kier alpha value is -2.01. The van der Waals surface area contributed by atoms with Crippen LogP contribution in [-0.4, -0.2) is 4.98 Å². The first kappa shape index (κ1) is 20.3. The zero-order valence-electron chi connectivity index (χ0n) is 10.3. The summed E-state index contributed by atoms with van der Waals surface area (Å²) in [5, 5.41) is 2.61. The van der Waals surface area contributed by atoms with Gasteiger partial charge in [-0.15, -0.1) is 0 Å². The molecular formula is C15H9CrNO3. The van der Waals surface area contributed by atoms with Gasteiger partial charge in [-0.05, 0) is 12.1 Å². The number of fused-ring (bicyclic) bond motifs is 3. The summed E-state index contributed by atoms with van der Waals surface area (Å²) in [5.74, 6) is 0. The minimum absolute atomic E-state index is 0. The van der Waals surface area contributed by atoms with E-state index < -0.39 is 0 Å². The summed E-state index contributed by atoms with van der Waals surface area (Å²) >= 11 is 0. The smallest absolute Gasteiger partial charge is 0.0464 e. The quantitative estimate of drug-likeness (QED) is 0.489. The van der Waals surface area contributed by atoms with Crippen LogP contribution >= 0.6 is 0 Å². The van der Waals surface area contributed by atoms with Crippen LogP contribution in [0.15, 0.2) is 48.5 Å². The first-order valence-corrected chi connectivity index (χ1v) is 5.02. The SMILES string of the molecule is [C-]#[O+].[C-]#[O+].[C-]#[O+].[Cr].c1ccc2c(c1)[nH]c1ccccc12. The van der Waals surface area contributed by atoms with Crippen molar-refractivity contribution in [1.82, 2.24) is 4.98 Å². The predicted molar refractivity (Wildman–Crippen MR) is 67.6 cm³/mol. The molecule has 0 amide bonds. The topological polar surface area (TPSA) is 75.5 Å². The van der Waals surface area contributed by atoms with Gasteiger partial charge in [-0.25, -0.2) is 0 Å². The monoisotopic (exact) mass is 303 g/mol. The van der Waals surface area contributed by atoms with Gasteiger partial charge in [0.1, 0.15) is 0 Å². The molecule has 0 atom stereocenters. The molecular weight excluding hydrogens is 294 g/mol. The van der Waals surface area contributed by atoms with Crippen molar-refractivity contribution in [3.8, 4) is 0 Å². The molecule has 0 saturated carbocycles. The molecule has 98 valence electrons. The molecule has 3 aromatic rings. The van der Waals surface area contributed by atoms with Crippen LogP contribution in [0.2, 0.25) is 0 Å². The van der Waals surface area contributed by atoms with Crippen molar-refractivity contribution in [2.24, 2.45) is 0 Å². The average Bonchev–Trinajstić information content (AvgIpc) is 2.92. The van der Waals surface area contributed by atoms with Crippen molar-refractivity contribution >= 4 is 21.8 Å². The van der Waals surface area contributed by atoms with Crippen LogP contribution in [0, 0.1) is 20.0 Å². The molecule has 2 aromatic carbocycles. The number of benzene rings is 2. The molecule has 5 heteroatoms. The third-order valence-corrected chi connectivity index (χ3v) is 2.41. The van der Waals surface area contributed by atoms with Crippen molar-refractivity contribution in [3.05, 3.63) is 68.5 Å². The van der Waals surface area contributed by atoms with E-state index in [1.165, 1.54) is 21.8 Å². The zero-order valence-corrected chi connectivity index (χ0v) is 11.5. The van der Waals surface area contributed by atoms with E-state index in [-0.39, 0.29) is 17.4 Å². The number of aromatic nitrogens is 1. The fraction of sp³-hybridized carbons (Fsp3) is 0. The van der Waals surface area contributed by atoms with Crippen LogP contribution in [0.5, 0.6) is 0 Å². The Balaban J connectivity index is 0. The number of aromatic amines is 1. The Morgan fingerprint density at radius 2 is 0.900 bits per heavy atom. The molecule has 0 unspecified atom stereocenters. The maximum atomic E-state index is 7.50. The van der Waals surface area contributed by atoms with E-state index in [1.54, 1.807) is 0 Å². The largest absolute Gasteiger partial charge is 0.355 e. The second kappa shape index (κ2) is 12.0. The van der Waals surface area contributed by atoms with Crippen LogP contribution in [-0.2, 0) is 31.3 Å². The molecule has 0 aliphatic heterocycles. The average molecular weight is 303 g/mol. The number of hydrogen-bond acceptors (Lipinski definition) is 0. The Kier molecular flexibility index (Phi) is 12.2. The first-order valence-electron chi connectivity index (χ1n) is 5.02. The standard InChI is InChI=1S/C12H9N.3CO.Cr/c1-3-7-11-9(5-1)10-6-2-4-8-12(10)13-11;3*1-2;/h1-8,13H;;;;. The first-order chi connectivity index (χ1) is 9.45. The van der Waals surface area contributed by atoms with Gasteiger partial charge < -0.3 is 4.98 Å². The number of hydrogen-bond donors (Lipinski definition) is 1. The van der Waals surface area contributed by atoms with Crippen molar-refractivity contribution in [2.75, 3.05) is 0 Å². The van der Waals surface area contributed by atoms with Gasteiger partial charge in [-0.1, -0.05) is 36.4 Å². The van der Waals surface area contributed by atoms with Gasteiger partial charge in [0.05, 0.1) is 0 Å². The summed E-state index contributed by atoms with van der Waals surface area (Å²) in [6.45, 7) is 13.5. The van der Waals surface area contributed by atoms with Gasteiger partial charge in [0.25, 0.3) is 0 Å². The summed E-state index contributed by atoms with van der Waals surface area (Å²) in [6, 6.07) is 16.8. The molecule has 0 radical (unpaired) electrons. The molecule has 0 saturated heterocycles. The van der Waals surface area contributed by atoms with E-state index in [9.17, 15) is 0 Å². The second-order valence-corrected chi connectivity index (χ2v) is 3.22. The number of para-hydroxylation sites is 2. The van der Waals surface area contributed by atoms with Crippen LogP contribution < -0.4 is 0 Å². The predicted octanol–water partition coefficient (Wildman–Crippen LogP) is 3.21. The van der Waals surface area contributed by atoms with Crippen LogP contribution in [0.25, 0.3) is 21.8 Å². The van der Waals surface area contributed by atoms with Gasteiger partial charge in [0, 0.05) is 39.2 Å². The number of H-pyrrole nitrogens is 1. The van der Waals surface area contributed by atoms with Gasteiger partial charge in [-0.3, -0.25) is 0 Å². The third kappa shape index (κ3) is 4.59. The molecule has 20 heavy (non-hydrogen) atoms. The Bertz CT molecular complexity index is 633. The molecule has 0 fully saturated rings. The van der Waals surface area contributed by atoms with Crippen molar-refractivity contribution in [1.29, 1.82) is 0 Å². The van der Waals surface area contributed by atoms with Crippen molar-refractivity contribution in [3.63, 3.8) is 0 Å². The summed E-state index contributed by atoms with van der Waals surface area (Å²) in [4.78, 5) is 3.38. The maximum absolute atomic E-state index is 7.50. The Morgan fingerprint density at radius 1 is 0.600 bits per heavy atom. The van der Waals surface area contributed by atoms with Crippen LogP contribution in [0.3, 0.4) is 0 Å². The summed E-state index contributed by atoms with van der Waals surface area (Å²) in [6.07, 6.45) is 0. The summed E-state index contributed by atoms with van der Waals surface area (Å²) in [7, 11) is 0. The number of nitrogens with one attached hydrogen (secondary N) is 1. The molecule has 0 aliphatic rings. The molecule has 0 bridgehead atoms. The van der Waals surface area contributed by atoms with Crippen molar-refractivity contribution < 1.29 is 31.3 Å². The van der Waals surface area contributed by atoms with E-state index in [4.69, 9.17) is 14.0 Å². The molecule has 3 rings (SSSR count). The van der Waals surface area contributed by atoms with E-state index in [2.05, 4.69) is 73.5 Å². The van der Waals surface area contributed by atoms with E-state index >= 15 is 0 Å². The third-order valence-electron chi connectivity index (χ3n) is 2.41. The molecule has 4 nitrogen and oxygen atoms in total. The normalized spacial score (nSPS) is 7.50. The molecule has 0 spiro atoms. The fourth-order valence-corrected chi connectivity index (χ4v) is 1.80. The second-order valence-electron chi connectivity index (χ2n) is 3.22. The minimum atomic E-state index is 0. The Labute approximate surface area is 127 Å². The molecule has 1 heterocycles. The van der Waals surface area contributed by atoms with Gasteiger partial charge >= 0.3 is 33.9 Å². The molecule has 1 N–H and O–H groups in total. The van der Waals surface area contributed by atoms with Crippen LogP contribution in [0.1, 0.15) is 0 Å². The Morgan fingerprint density at radius 3 is 1.25 bits per heavy atom. The summed E-state index contributed by atoms with van der Waals surface area (Å²) in [5.41, 5.74) is 2.42. The van der Waals surface area contributed by atoms with Gasteiger partial charge in [0.2, 0.25) is 0 Å². The molecule has 1 aromatic heterocycles. The molecule has 0 aliphatic carbocycles. The minimum Gasteiger partial charge on any atom is -0.355 e. The maximum Gasteiger partial charge on any atom is 0.0464 e. The van der Waals surface area contributed by atoms with Gasteiger partial charge in [-0.2, -0.15) is 0 Å². The van der Waals surface area contributed by atoms with Gasteiger partial charge in [0.15, 0.2) is 0 Å². The van der Waals surface area contributed by atoms with Crippen molar-refractivity contribution in [2.45, 2.75) is 0 Å². The van der Waals surface area contributed by atoms with E-state index in [0.717, 1.165) is 0 Å². The number of rotatable bonds is 0. The zero-order chi connectivity index (χ0) is 14.7. The van der Waals surface area contributed by atoms with E-state index in [1.807, 2.05) is 0 Å². The van der Waals surface area contributed by atoms with E-state index in [0.29, 0.717) is 0 Å². The fourth-order valence-electron chi connectivity index (χ4n) is 1.80.